The molecule has 14 nitrogen and oxygen atoms in total. The van der Waals surface area contributed by atoms with Crippen LogP contribution < -0.4 is 10.1 Å². The van der Waals surface area contributed by atoms with E-state index in [9.17, 15) is 15.0 Å². The van der Waals surface area contributed by atoms with Crippen molar-refractivity contribution in [2.45, 2.75) is 43.6 Å². The van der Waals surface area contributed by atoms with Crippen LogP contribution >= 0.6 is 0 Å². The number of aliphatic imine (C=N–C) groups is 1. The quantitative estimate of drug-likeness (QED) is 0.0807. The van der Waals surface area contributed by atoms with Gasteiger partial charge in [0.15, 0.2) is 11.6 Å². The minimum absolute atomic E-state index is 0.00803. The molecule has 0 aliphatic carbocycles. The van der Waals surface area contributed by atoms with E-state index in [4.69, 9.17) is 30.6 Å². The Balaban J connectivity index is 1.89. The summed E-state index contributed by atoms with van der Waals surface area (Å²) in [4.78, 5) is 25.1. The second-order valence-corrected chi connectivity index (χ2v) is 10.2. The molecule has 4 rings (SSSR count). The van der Waals surface area contributed by atoms with E-state index in [1.54, 1.807) is 66.7 Å². The van der Waals surface area contributed by atoms with Crippen molar-refractivity contribution in [2.75, 3.05) is 26.4 Å². The average Bonchev–Trinajstić information content (AvgIpc) is 3.46. The van der Waals surface area contributed by atoms with Gasteiger partial charge < -0.3 is 30.1 Å². The lowest BCUT2D eigenvalue weighted by Crippen LogP contribution is -2.54. The molecule has 45 heavy (non-hydrogen) atoms. The highest BCUT2D eigenvalue weighted by molar-refractivity contribution is 6.01. The Labute approximate surface area is 259 Å². The summed E-state index contributed by atoms with van der Waals surface area (Å²) in [6.07, 6.45) is -0.564. The van der Waals surface area contributed by atoms with E-state index in [1.165, 1.54) is 0 Å². The molecule has 4 N–H and O–H groups in total. The van der Waals surface area contributed by atoms with Gasteiger partial charge in [0.05, 0.1) is 39.0 Å². The van der Waals surface area contributed by atoms with Crippen LogP contribution in [-0.2, 0) is 29.0 Å². The predicted molar refractivity (Wildman–Crippen MR) is 165 cm³/mol. The minimum Gasteiger partial charge on any atom is -0.494 e. The molecule has 234 valence electrons. The molecule has 0 bridgehead atoms. The number of aliphatic hydroxyl groups is 3. The van der Waals surface area contributed by atoms with Crippen LogP contribution in [0.1, 0.15) is 40.3 Å². The number of benzene rings is 3. The molecule has 3 aromatic carbocycles. The van der Waals surface area contributed by atoms with Crippen molar-refractivity contribution in [2.24, 2.45) is 15.2 Å². The summed E-state index contributed by atoms with van der Waals surface area (Å²) in [5.74, 6) is 0.122. The molecule has 0 fully saturated rings. The van der Waals surface area contributed by atoms with Gasteiger partial charge in [-0.3, -0.25) is 4.79 Å². The maximum absolute atomic E-state index is 14.4. The SMILES string of the molecule is [N-]=[N+]=NCc1ccccc1C[C@@]1(C(=O)NC(CO)CO)N=C(c2ccc(OCCCO)cc2)O[C@@H]1c1ccccc1CN=[N+]=[N-]. The zero-order valence-electron chi connectivity index (χ0n) is 24.4. The maximum Gasteiger partial charge on any atom is 0.253 e. The van der Waals surface area contributed by atoms with Crippen LogP contribution in [0.5, 0.6) is 5.75 Å². The summed E-state index contributed by atoms with van der Waals surface area (Å²) >= 11 is 0. The van der Waals surface area contributed by atoms with Gasteiger partial charge in [0.25, 0.3) is 5.91 Å². The number of hydrogen-bond acceptors (Lipinski definition) is 9. The summed E-state index contributed by atoms with van der Waals surface area (Å²) < 4.78 is 12.2. The number of amides is 1. The third kappa shape index (κ3) is 7.90. The van der Waals surface area contributed by atoms with Crippen molar-refractivity contribution >= 4 is 11.8 Å². The molecule has 2 atom stereocenters. The van der Waals surface area contributed by atoms with E-state index in [1.807, 2.05) is 6.07 Å². The van der Waals surface area contributed by atoms with Gasteiger partial charge in [0.1, 0.15) is 5.75 Å². The van der Waals surface area contributed by atoms with Gasteiger partial charge in [-0.2, -0.15) is 0 Å². The van der Waals surface area contributed by atoms with Gasteiger partial charge in [-0.25, -0.2) is 4.99 Å². The molecule has 1 heterocycles. The number of carbonyl (C=O) groups is 1. The van der Waals surface area contributed by atoms with Gasteiger partial charge in [-0.15, -0.1) is 0 Å². The summed E-state index contributed by atoms with van der Waals surface area (Å²) in [7, 11) is 0. The van der Waals surface area contributed by atoms with Gasteiger partial charge in [-0.1, -0.05) is 58.8 Å². The highest BCUT2D eigenvalue weighted by atomic mass is 16.5. The van der Waals surface area contributed by atoms with E-state index in [-0.39, 0.29) is 32.0 Å². The molecule has 0 unspecified atom stereocenters. The standard InChI is InChI=1S/C31H34N8O6/c32-38-34-17-23-7-2-1-6-22(23)16-31(30(43)36-25(19-41)20-42)28(27-9-4-3-8-24(27)18-35-39-33)45-29(37-31)21-10-12-26(13-11-21)44-15-5-14-40/h1-4,6-13,25,28,40-42H,5,14-20H2,(H,36,43)/t28-,31-/m1/s1. The molecule has 0 aromatic heterocycles. The van der Waals surface area contributed by atoms with Crippen molar-refractivity contribution in [3.8, 4) is 5.75 Å². The fraction of sp³-hybridized carbons (Fsp3) is 0.355. The highest BCUT2D eigenvalue weighted by Gasteiger charge is 2.54. The third-order valence-electron chi connectivity index (χ3n) is 7.33. The fourth-order valence-electron chi connectivity index (χ4n) is 5.04. The second-order valence-electron chi connectivity index (χ2n) is 10.2. The Morgan fingerprint density at radius 3 is 2.20 bits per heavy atom. The molecule has 1 amide bonds. The number of rotatable bonds is 16. The summed E-state index contributed by atoms with van der Waals surface area (Å²) in [5, 5.41) is 38.9. The lowest BCUT2D eigenvalue weighted by Gasteiger charge is -2.33. The van der Waals surface area contributed by atoms with E-state index in [2.05, 4.69) is 25.4 Å². The first-order valence-electron chi connectivity index (χ1n) is 14.3. The van der Waals surface area contributed by atoms with Crippen molar-refractivity contribution in [3.63, 3.8) is 0 Å². The first-order chi connectivity index (χ1) is 22.0. The van der Waals surface area contributed by atoms with Crippen LogP contribution in [0.25, 0.3) is 20.9 Å². The van der Waals surface area contributed by atoms with Crippen molar-refractivity contribution in [1.29, 1.82) is 0 Å². The number of hydrogen-bond donors (Lipinski definition) is 4. The van der Waals surface area contributed by atoms with Crippen LogP contribution in [0.2, 0.25) is 0 Å². The number of carbonyl (C=O) groups excluding carboxylic acids is 1. The van der Waals surface area contributed by atoms with Crippen LogP contribution in [0.4, 0.5) is 0 Å². The van der Waals surface area contributed by atoms with E-state index >= 15 is 0 Å². The topological polar surface area (TPSA) is 218 Å². The van der Waals surface area contributed by atoms with Crippen molar-refractivity contribution in [1.82, 2.24) is 5.32 Å². The number of nitrogens with zero attached hydrogens (tertiary/aromatic N) is 7. The fourth-order valence-corrected chi connectivity index (χ4v) is 5.04. The molecule has 3 aromatic rings. The van der Waals surface area contributed by atoms with Gasteiger partial charge in [0, 0.05) is 34.8 Å². The summed E-state index contributed by atoms with van der Waals surface area (Å²) in [6.45, 7) is -0.657. The lowest BCUT2D eigenvalue weighted by molar-refractivity contribution is -0.130. The predicted octanol–water partition coefficient (Wildman–Crippen LogP) is 4.04. The molecule has 0 spiro atoms. The normalized spacial score (nSPS) is 17.1. The van der Waals surface area contributed by atoms with Crippen LogP contribution in [-0.4, -0.2) is 65.1 Å². The molecule has 0 saturated carbocycles. The van der Waals surface area contributed by atoms with E-state index < -0.39 is 36.8 Å². The number of ether oxygens (including phenoxy) is 2. The third-order valence-corrected chi connectivity index (χ3v) is 7.33. The average molecular weight is 615 g/mol. The second kappa shape index (κ2) is 16.1. The van der Waals surface area contributed by atoms with Crippen LogP contribution in [0.3, 0.4) is 0 Å². The molecule has 1 aliphatic rings. The number of aliphatic hydroxyl groups excluding tert-OH is 3. The molecule has 1 aliphatic heterocycles. The molecule has 0 radical (unpaired) electrons. The molecular formula is C31H34N8O6. The molecular weight excluding hydrogens is 580 g/mol. The number of nitrogens with one attached hydrogen (secondary N) is 1. The molecule has 14 heteroatoms. The lowest BCUT2D eigenvalue weighted by atomic mass is 9.79. The minimum atomic E-state index is -1.69. The Kier molecular flexibility index (Phi) is 11.7. The smallest absolute Gasteiger partial charge is 0.253 e. The zero-order valence-corrected chi connectivity index (χ0v) is 24.4. The van der Waals surface area contributed by atoms with E-state index in [0.717, 1.165) is 0 Å². The van der Waals surface area contributed by atoms with Gasteiger partial charge in [-0.05, 0) is 57.6 Å². The van der Waals surface area contributed by atoms with Crippen LogP contribution in [0, 0.1) is 0 Å². The Morgan fingerprint density at radius 1 is 0.933 bits per heavy atom. The summed E-state index contributed by atoms with van der Waals surface area (Å²) in [6, 6.07) is 20.3. The number of azide groups is 2. The van der Waals surface area contributed by atoms with Crippen molar-refractivity contribution < 1.29 is 29.6 Å². The summed E-state index contributed by atoms with van der Waals surface area (Å²) in [5.41, 5.74) is 19.4. The first-order valence-corrected chi connectivity index (χ1v) is 14.3. The molecule has 0 saturated heterocycles. The maximum atomic E-state index is 14.4. The van der Waals surface area contributed by atoms with Crippen molar-refractivity contribution in [3.05, 3.63) is 121 Å². The van der Waals surface area contributed by atoms with Crippen LogP contribution in [0.15, 0.2) is 88.0 Å². The highest BCUT2D eigenvalue weighted by Crippen LogP contribution is 2.44. The Morgan fingerprint density at radius 2 is 1.56 bits per heavy atom. The zero-order chi connectivity index (χ0) is 32.1. The van der Waals surface area contributed by atoms with E-state index in [0.29, 0.717) is 46.6 Å². The van der Waals surface area contributed by atoms with Gasteiger partial charge >= 0.3 is 0 Å². The Bertz CT molecular complexity index is 1580. The first kappa shape index (κ1) is 32.8. The Hall–Kier alpha value is -5.10. The monoisotopic (exact) mass is 614 g/mol. The largest absolute Gasteiger partial charge is 0.494 e. The van der Waals surface area contributed by atoms with Gasteiger partial charge in [0.2, 0.25) is 5.90 Å².